The van der Waals surface area contributed by atoms with Crippen molar-refractivity contribution in [3.63, 3.8) is 0 Å². The number of aryl methyl sites for hydroxylation is 2. The van der Waals surface area contributed by atoms with Crippen LogP contribution in [0.4, 0.5) is 0 Å². The molecule has 0 aliphatic rings. The zero-order valence-corrected chi connectivity index (χ0v) is 10.7. The lowest BCUT2D eigenvalue weighted by Crippen LogP contribution is -2.03. The molecule has 88 valence electrons. The fourth-order valence-corrected chi connectivity index (χ4v) is 2.06. The van der Waals surface area contributed by atoms with E-state index in [9.17, 15) is 4.79 Å². The van der Waals surface area contributed by atoms with E-state index >= 15 is 0 Å². The summed E-state index contributed by atoms with van der Waals surface area (Å²) in [6.45, 7) is 5.98. The number of hydrogen-bond donors (Lipinski definition) is 0. The molecule has 0 saturated carbocycles. The molecule has 1 nitrogen and oxygen atoms in total. The van der Waals surface area contributed by atoms with Crippen LogP contribution in [-0.4, -0.2) is 5.78 Å². The molecule has 0 bridgehead atoms. The van der Waals surface area contributed by atoms with Crippen molar-refractivity contribution in [2.24, 2.45) is 0 Å². The molecule has 0 spiro atoms. The van der Waals surface area contributed by atoms with E-state index in [0.717, 1.165) is 6.42 Å². The first-order chi connectivity index (χ1) is 7.65. The molecule has 0 aromatic heterocycles. The number of Topliss-reactive ketones (excluding diaryl/α,β-unsaturated/α-hetero) is 1. The lowest BCUT2D eigenvalue weighted by atomic mass is 9.94. The molecule has 0 atom stereocenters. The van der Waals surface area contributed by atoms with E-state index in [1.807, 2.05) is 0 Å². The maximum Gasteiger partial charge on any atom is 0.134 e. The van der Waals surface area contributed by atoms with Gasteiger partial charge in [0.05, 0.1) is 0 Å². The Kier molecular flexibility index (Phi) is 5.24. The van der Waals surface area contributed by atoms with Gasteiger partial charge in [-0.05, 0) is 43.4 Å². The molecule has 0 aliphatic carbocycles. The van der Waals surface area contributed by atoms with Crippen molar-refractivity contribution in [3.05, 3.63) is 34.9 Å². The first-order valence-corrected chi connectivity index (χ1v) is 6.22. The first-order valence-electron chi connectivity index (χ1n) is 6.22. The van der Waals surface area contributed by atoms with E-state index < -0.39 is 0 Å². The van der Waals surface area contributed by atoms with Gasteiger partial charge in [0.25, 0.3) is 0 Å². The van der Waals surface area contributed by atoms with Crippen LogP contribution in [0.5, 0.6) is 0 Å². The summed E-state index contributed by atoms with van der Waals surface area (Å²) in [7, 11) is 0. The smallest absolute Gasteiger partial charge is 0.134 e. The first kappa shape index (κ1) is 13.0. The van der Waals surface area contributed by atoms with Gasteiger partial charge in [-0.3, -0.25) is 4.79 Å². The van der Waals surface area contributed by atoms with Gasteiger partial charge >= 0.3 is 0 Å². The van der Waals surface area contributed by atoms with Crippen LogP contribution in [0.25, 0.3) is 0 Å². The summed E-state index contributed by atoms with van der Waals surface area (Å²) in [5.74, 6) is 0.256. The van der Waals surface area contributed by atoms with Crippen molar-refractivity contribution < 1.29 is 4.79 Å². The van der Waals surface area contributed by atoms with Gasteiger partial charge in [0, 0.05) is 6.42 Å². The number of carbonyl (C=O) groups is 1. The van der Waals surface area contributed by atoms with E-state index in [0.29, 0.717) is 6.42 Å². The quantitative estimate of drug-likeness (QED) is 0.663. The number of carbonyl (C=O) groups excluding carboxylic acids is 1. The number of benzene rings is 1. The second-order valence-electron chi connectivity index (χ2n) is 4.55. The molecular formula is C15H22O. The molecule has 1 aromatic carbocycles. The van der Waals surface area contributed by atoms with Crippen molar-refractivity contribution >= 4 is 5.78 Å². The Balaban J connectivity index is 2.80. The van der Waals surface area contributed by atoms with E-state index in [2.05, 4.69) is 32.0 Å². The number of hydrogen-bond acceptors (Lipinski definition) is 1. The topological polar surface area (TPSA) is 17.1 Å². The second-order valence-corrected chi connectivity index (χ2v) is 4.55. The molecule has 0 amide bonds. The molecular weight excluding hydrogens is 196 g/mol. The fraction of sp³-hybridized carbons (Fsp3) is 0.533. The zero-order valence-electron chi connectivity index (χ0n) is 10.7. The highest BCUT2D eigenvalue weighted by Gasteiger charge is 2.07. The van der Waals surface area contributed by atoms with Crippen LogP contribution < -0.4 is 0 Å². The summed E-state index contributed by atoms with van der Waals surface area (Å²) in [6, 6.07) is 6.36. The molecule has 0 saturated heterocycles. The molecule has 0 aliphatic heterocycles. The van der Waals surface area contributed by atoms with Gasteiger partial charge in [-0.2, -0.15) is 0 Å². The van der Waals surface area contributed by atoms with E-state index in [1.54, 1.807) is 6.92 Å². The summed E-state index contributed by atoms with van der Waals surface area (Å²) in [5.41, 5.74) is 3.87. The predicted molar refractivity (Wildman–Crippen MR) is 68.8 cm³/mol. The minimum atomic E-state index is 0.256. The Morgan fingerprint density at radius 2 is 2.00 bits per heavy atom. The van der Waals surface area contributed by atoms with Gasteiger partial charge in [-0.1, -0.05) is 38.0 Å². The molecule has 16 heavy (non-hydrogen) atoms. The minimum absolute atomic E-state index is 0.256. The zero-order chi connectivity index (χ0) is 12.0. The van der Waals surface area contributed by atoms with Crippen LogP contribution >= 0.6 is 0 Å². The van der Waals surface area contributed by atoms with Crippen LogP contribution in [0.1, 0.15) is 49.8 Å². The average molecular weight is 218 g/mol. The Bertz CT molecular complexity index is 352. The Morgan fingerprint density at radius 3 is 2.62 bits per heavy atom. The lowest BCUT2D eigenvalue weighted by molar-refractivity contribution is -0.116. The van der Waals surface area contributed by atoms with Crippen LogP contribution in [0.2, 0.25) is 0 Å². The van der Waals surface area contributed by atoms with Crippen LogP contribution in [0.15, 0.2) is 18.2 Å². The number of ketones is 1. The van der Waals surface area contributed by atoms with Gasteiger partial charge in [0.2, 0.25) is 0 Å². The van der Waals surface area contributed by atoms with Crippen molar-refractivity contribution in [3.8, 4) is 0 Å². The van der Waals surface area contributed by atoms with Crippen LogP contribution in [0.3, 0.4) is 0 Å². The molecule has 0 fully saturated rings. The summed E-state index contributed by atoms with van der Waals surface area (Å²) in [5, 5.41) is 0. The number of unbranched alkanes of at least 4 members (excludes halogenated alkanes) is 2. The second kappa shape index (κ2) is 6.47. The standard InChI is InChI=1S/C15H22O/c1-4-5-6-9-14-10-7-8-12(2)15(14)11-13(3)16/h7-8,10H,4-6,9,11H2,1-3H3. The average Bonchev–Trinajstić information content (AvgIpc) is 2.23. The third kappa shape index (κ3) is 3.80. The van der Waals surface area contributed by atoms with Gasteiger partial charge < -0.3 is 0 Å². The molecule has 1 aromatic rings. The van der Waals surface area contributed by atoms with Crippen molar-refractivity contribution in [1.82, 2.24) is 0 Å². The summed E-state index contributed by atoms with van der Waals surface area (Å²) >= 11 is 0. The van der Waals surface area contributed by atoms with Crippen molar-refractivity contribution in [2.75, 3.05) is 0 Å². The van der Waals surface area contributed by atoms with Gasteiger partial charge in [0.1, 0.15) is 5.78 Å². The molecule has 0 radical (unpaired) electrons. The monoisotopic (exact) mass is 218 g/mol. The third-order valence-corrected chi connectivity index (χ3v) is 2.98. The van der Waals surface area contributed by atoms with E-state index in [1.165, 1.54) is 36.0 Å². The Morgan fingerprint density at radius 1 is 1.25 bits per heavy atom. The highest BCUT2D eigenvalue weighted by Crippen LogP contribution is 2.18. The summed E-state index contributed by atoms with van der Waals surface area (Å²) in [6.07, 6.45) is 5.44. The fourth-order valence-electron chi connectivity index (χ4n) is 2.06. The van der Waals surface area contributed by atoms with Gasteiger partial charge in [-0.25, -0.2) is 0 Å². The van der Waals surface area contributed by atoms with Gasteiger partial charge in [0.15, 0.2) is 0 Å². The molecule has 0 heterocycles. The summed E-state index contributed by atoms with van der Waals surface area (Å²) < 4.78 is 0. The largest absolute Gasteiger partial charge is 0.300 e. The van der Waals surface area contributed by atoms with Crippen molar-refractivity contribution in [2.45, 2.75) is 52.9 Å². The SMILES string of the molecule is CCCCCc1cccc(C)c1CC(C)=O. The maximum absolute atomic E-state index is 11.2. The lowest BCUT2D eigenvalue weighted by Gasteiger charge is -2.11. The Hall–Kier alpha value is -1.11. The molecule has 0 N–H and O–H groups in total. The summed E-state index contributed by atoms with van der Waals surface area (Å²) in [4.78, 5) is 11.2. The third-order valence-electron chi connectivity index (χ3n) is 2.98. The molecule has 0 unspecified atom stereocenters. The van der Waals surface area contributed by atoms with Crippen LogP contribution in [0, 0.1) is 6.92 Å². The molecule has 1 heteroatoms. The number of rotatable bonds is 6. The van der Waals surface area contributed by atoms with Crippen molar-refractivity contribution in [1.29, 1.82) is 0 Å². The molecule has 1 rings (SSSR count). The normalized spacial score (nSPS) is 10.4. The van der Waals surface area contributed by atoms with Crippen LogP contribution in [-0.2, 0) is 17.6 Å². The highest BCUT2D eigenvalue weighted by molar-refractivity contribution is 5.79. The predicted octanol–water partition coefficient (Wildman–Crippen LogP) is 3.86. The maximum atomic E-state index is 11.2. The minimum Gasteiger partial charge on any atom is -0.300 e. The van der Waals surface area contributed by atoms with Gasteiger partial charge in [-0.15, -0.1) is 0 Å². The Labute approximate surface area is 98.9 Å². The highest BCUT2D eigenvalue weighted by atomic mass is 16.1. The van der Waals surface area contributed by atoms with E-state index in [-0.39, 0.29) is 5.78 Å². The van der Waals surface area contributed by atoms with E-state index in [4.69, 9.17) is 0 Å².